The van der Waals surface area contributed by atoms with Gasteiger partial charge in [0.2, 0.25) is 0 Å². The molecule has 0 rings (SSSR count). The zero-order chi connectivity index (χ0) is 7.49. The molecule has 68 valence electrons. The fourth-order valence-electron chi connectivity index (χ4n) is 0.139. The second-order valence-corrected chi connectivity index (χ2v) is 2.40. The summed E-state index contributed by atoms with van der Waals surface area (Å²) in [4.78, 5) is 25.4. The van der Waals surface area contributed by atoms with Gasteiger partial charge in [-0.1, -0.05) is 0 Å². The van der Waals surface area contributed by atoms with Gasteiger partial charge in [-0.15, -0.1) is 0 Å². The fraction of sp³-hybridized carbons (Fsp3) is 0.500. The van der Waals surface area contributed by atoms with Gasteiger partial charge in [-0.3, -0.25) is 4.52 Å². The minimum Gasteiger partial charge on any atom is -1.00 e. The van der Waals surface area contributed by atoms with Crippen molar-refractivity contribution in [1.82, 2.24) is 0 Å². The molecule has 0 amide bonds. The molecule has 0 aromatic carbocycles. The first-order chi connectivity index (χ1) is 3.92. The Morgan fingerprint density at radius 2 is 1.62 bits per heavy atom. The zero-order valence-electron chi connectivity index (χ0n) is 14.3. The molecule has 11 heteroatoms. The van der Waals surface area contributed by atoms with Crippen LogP contribution in [-0.2, 0) is 13.9 Å². The number of aliphatic carboxylic acids is 1. The van der Waals surface area contributed by atoms with Gasteiger partial charge in [-0.25, -0.2) is 9.36 Å². The van der Waals surface area contributed by atoms with Crippen molar-refractivity contribution in [3.8, 4) is 0 Å². The predicted octanol–water partition coefficient (Wildman–Crippen LogP) is -4.17. The van der Waals surface area contributed by atoms with E-state index in [2.05, 4.69) is 4.52 Å². The number of hydrogen-bond donors (Lipinski definition) is 3. The molecule has 0 unspecified atom stereocenters. The van der Waals surface area contributed by atoms with Crippen molar-refractivity contribution in [3.63, 3.8) is 0 Å². The molecule has 6 nitrogen and oxygen atoms in total. The Bertz CT molecular complexity index is 179. The molecule has 0 aliphatic rings. The van der Waals surface area contributed by atoms with Gasteiger partial charge >= 0.3 is 157 Å². The summed E-state index contributed by atoms with van der Waals surface area (Å²) >= 11 is 0. The van der Waals surface area contributed by atoms with Gasteiger partial charge in [0.1, 0.15) is 0 Å². The largest absolute Gasteiger partial charge is 2.00 e. The molecule has 0 heterocycles. The van der Waals surface area contributed by atoms with Crippen molar-refractivity contribution in [2.75, 3.05) is 6.61 Å². The molecular weight excluding hydrogens is 294 g/mol. The van der Waals surface area contributed by atoms with Crippen LogP contribution in [-0.4, -0.2) is 141 Å². The average Bonchev–Trinajstić information content (AvgIpc) is 1.59. The minimum absolute atomic E-state index is 0. The molecule has 0 spiro atoms. The van der Waals surface area contributed by atoms with Crippen molar-refractivity contribution in [2.45, 2.75) is 0 Å². The van der Waals surface area contributed by atoms with Crippen molar-refractivity contribution >= 4 is 127 Å². The molecular formula is C2H12Ca3NaO6P. The Hall–Kier alpha value is 4.36. The van der Waals surface area contributed by atoms with Crippen molar-refractivity contribution in [3.05, 3.63) is 0 Å². The van der Waals surface area contributed by atoms with E-state index >= 15 is 0 Å². The van der Waals surface area contributed by atoms with Crippen LogP contribution in [0.1, 0.15) is 9.99 Å². The van der Waals surface area contributed by atoms with Gasteiger partial charge in [-0.2, -0.15) is 0 Å². The molecule has 0 atom stereocenters. The second-order valence-electron chi connectivity index (χ2n) is 1.16. The van der Waals surface area contributed by atoms with Gasteiger partial charge in [0.25, 0.3) is 0 Å². The number of hydrogen-bond acceptors (Lipinski definition) is 3. The van der Waals surface area contributed by atoms with Crippen molar-refractivity contribution < 1.29 is 68.3 Å². The van der Waals surface area contributed by atoms with Crippen LogP contribution in [0.15, 0.2) is 0 Å². The van der Waals surface area contributed by atoms with Crippen LogP contribution in [0.25, 0.3) is 0 Å². The third-order valence-corrected chi connectivity index (χ3v) is 0.822. The Morgan fingerprint density at radius 3 is 1.69 bits per heavy atom. The Balaban J connectivity index is -0.00000000582. The van der Waals surface area contributed by atoms with E-state index < -0.39 is 20.4 Å². The van der Waals surface area contributed by atoms with E-state index in [0.29, 0.717) is 0 Å². The molecule has 0 radical (unpaired) electrons. The molecule has 0 aromatic rings. The summed E-state index contributed by atoms with van der Waals surface area (Å²) in [5.74, 6) is -1.42. The smallest absolute Gasteiger partial charge is 1.00 e. The van der Waals surface area contributed by atoms with Crippen molar-refractivity contribution in [1.29, 1.82) is 0 Å². The van der Waals surface area contributed by atoms with E-state index in [1.807, 2.05) is 0 Å². The third-order valence-electron chi connectivity index (χ3n) is 0.356. The van der Waals surface area contributed by atoms with E-state index in [-0.39, 0.29) is 153 Å². The molecule has 13 heavy (non-hydrogen) atoms. The van der Waals surface area contributed by atoms with Crippen molar-refractivity contribution in [2.24, 2.45) is 0 Å². The molecule has 0 saturated carbocycles. The quantitative estimate of drug-likeness (QED) is 0.361. The summed E-state index contributed by atoms with van der Waals surface area (Å²) in [5, 5.41) is 7.81. The van der Waals surface area contributed by atoms with Crippen LogP contribution in [0.5, 0.6) is 0 Å². The number of rotatable bonds is 3. The Labute approximate surface area is 197 Å². The number of phosphoric ester groups is 1. The normalized spacial score (nSPS) is 7.85. The van der Waals surface area contributed by atoms with E-state index in [0.717, 1.165) is 0 Å². The van der Waals surface area contributed by atoms with Crippen LogP contribution in [0.3, 0.4) is 0 Å². The summed E-state index contributed by atoms with van der Waals surface area (Å²) in [6.07, 6.45) is 0. The van der Waals surface area contributed by atoms with Gasteiger partial charge in [0, 0.05) is 0 Å². The first-order valence-electron chi connectivity index (χ1n) is 1.84. The van der Waals surface area contributed by atoms with Crippen LogP contribution >= 0.6 is 7.82 Å². The SMILES string of the molecule is O=C(O)COP(=O)(O)O.[Ca+2].[Ca+2].[Ca+2].[H-].[H-].[H-].[H-].[H-].[H-].[H-].[Na+]. The van der Waals surface area contributed by atoms with Gasteiger partial charge in [0.15, 0.2) is 6.61 Å². The molecule has 3 N–H and O–H groups in total. The molecule has 0 fully saturated rings. The molecule has 0 aliphatic heterocycles. The number of phosphoric acid groups is 1. The summed E-state index contributed by atoms with van der Waals surface area (Å²) in [6, 6.07) is 0. The molecule has 0 aliphatic carbocycles. The third kappa shape index (κ3) is 31.4. The Kier molecular flexibility index (Phi) is 38.3. The predicted molar refractivity (Wildman–Crippen MR) is 50.7 cm³/mol. The monoisotopic (exact) mass is 306 g/mol. The molecule has 0 aromatic heterocycles. The summed E-state index contributed by atoms with van der Waals surface area (Å²) in [7, 11) is -4.60. The second kappa shape index (κ2) is 16.4. The summed E-state index contributed by atoms with van der Waals surface area (Å²) in [5.41, 5.74) is 0. The minimum atomic E-state index is -4.60. The summed E-state index contributed by atoms with van der Waals surface area (Å²) in [6.45, 7) is -0.982. The standard InChI is InChI=1S/C2H5O6P.3Ca.Na.7H/c3-2(4)1-8-9(5,6)7;;;;;;;;;;;/h1H2,(H,3,4)(H2,5,6,7);;;;;;;;;;;/q;3*+2;+1;7*-1. The zero-order valence-corrected chi connectivity index (χ0v) is 16.9. The van der Waals surface area contributed by atoms with Gasteiger partial charge in [0.05, 0.1) is 0 Å². The number of carbonyl (C=O) groups is 1. The number of carboxylic acid groups (broad SMARTS) is 1. The van der Waals surface area contributed by atoms with Crippen LogP contribution in [0, 0.1) is 0 Å². The Morgan fingerprint density at radius 1 is 1.31 bits per heavy atom. The summed E-state index contributed by atoms with van der Waals surface area (Å²) < 4.78 is 13.3. The van der Waals surface area contributed by atoms with E-state index in [9.17, 15) is 9.36 Å². The maximum atomic E-state index is 9.74. The maximum absolute atomic E-state index is 9.74. The molecule has 0 bridgehead atoms. The first-order valence-corrected chi connectivity index (χ1v) is 3.37. The fourth-order valence-corrected chi connectivity index (χ4v) is 0.418. The van der Waals surface area contributed by atoms with Gasteiger partial charge in [-0.05, 0) is 0 Å². The van der Waals surface area contributed by atoms with E-state index in [4.69, 9.17) is 14.9 Å². The number of carboxylic acids is 1. The first kappa shape index (κ1) is 30.4. The van der Waals surface area contributed by atoms with Crippen LogP contribution in [0.2, 0.25) is 0 Å². The van der Waals surface area contributed by atoms with E-state index in [1.165, 1.54) is 0 Å². The van der Waals surface area contributed by atoms with Crippen LogP contribution < -0.4 is 29.6 Å². The topological polar surface area (TPSA) is 104 Å². The average molecular weight is 306 g/mol. The van der Waals surface area contributed by atoms with Crippen LogP contribution in [0.4, 0.5) is 0 Å². The van der Waals surface area contributed by atoms with Gasteiger partial charge < -0.3 is 24.9 Å². The van der Waals surface area contributed by atoms with E-state index in [1.54, 1.807) is 0 Å². The maximum Gasteiger partial charge on any atom is 2.00 e. The molecule has 0 saturated heterocycles.